The number of nitrogens with zero attached hydrogens (tertiary/aromatic N) is 8. The quantitative estimate of drug-likeness (QED) is 0.263. The molecule has 0 saturated carbocycles. The van der Waals surface area contributed by atoms with Gasteiger partial charge in [-0.25, -0.2) is 0 Å². The van der Waals surface area contributed by atoms with E-state index in [-0.39, 0.29) is 16.6 Å². The molecule has 8 nitrogen and oxygen atoms in total. The minimum atomic E-state index is -0.780. The first-order valence-corrected chi connectivity index (χ1v) is 16.6. The Balaban J connectivity index is -0.0000000585. The Bertz CT molecular complexity index is 393. The first kappa shape index (κ1) is 53.0. The van der Waals surface area contributed by atoms with Gasteiger partial charge in [-0.3, -0.25) is 0 Å². The van der Waals surface area contributed by atoms with Crippen LogP contribution < -0.4 is 0 Å². The average Bonchev–Trinajstić information content (AvgIpc) is 2.79. The molecule has 36 heavy (non-hydrogen) atoms. The summed E-state index contributed by atoms with van der Waals surface area (Å²) in [5.74, 6) is 0. The summed E-state index contributed by atoms with van der Waals surface area (Å²) in [4.78, 5) is 0. The fraction of sp³-hybridized carbons (Fsp3) is 1.00. The zero-order chi connectivity index (χ0) is 30.7. The van der Waals surface area contributed by atoms with Gasteiger partial charge < -0.3 is 26.6 Å². The van der Waals surface area contributed by atoms with E-state index >= 15 is 0 Å². The minimum absolute atomic E-state index is 0.124. The number of rotatable bonds is 5. The van der Waals surface area contributed by atoms with E-state index in [2.05, 4.69) is 99.2 Å². The van der Waals surface area contributed by atoms with Gasteiger partial charge in [0.05, 0.1) is 0 Å². The fourth-order valence-corrected chi connectivity index (χ4v) is 2.75. The van der Waals surface area contributed by atoms with Crippen molar-refractivity contribution in [1.29, 1.82) is 0 Å². The molecule has 0 spiro atoms. The van der Waals surface area contributed by atoms with Gasteiger partial charge >= 0.3 is 135 Å². The van der Waals surface area contributed by atoms with Crippen molar-refractivity contribution in [3.63, 3.8) is 0 Å². The van der Waals surface area contributed by atoms with Crippen molar-refractivity contribution in [1.82, 2.24) is 0 Å². The van der Waals surface area contributed by atoms with Gasteiger partial charge in [0.15, 0.2) is 0 Å². The Morgan fingerprint density at radius 2 is 0.750 bits per heavy atom. The number of hydrogen-bond donors (Lipinski definition) is 0. The third kappa shape index (κ3) is 126. The Morgan fingerprint density at radius 1 is 0.556 bits per heavy atom. The van der Waals surface area contributed by atoms with Crippen molar-refractivity contribution in [3.8, 4) is 0 Å². The molecule has 0 fully saturated rings. The molecule has 0 aromatic carbocycles. The summed E-state index contributed by atoms with van der Waals surface area (Å²) >= 11 is 0.378. The summed E-state index contributed by atoms with van der Waals surface area (Å²) < 4.78 is 13.3. The SMILES string of the molecule is CC(C)(C)[N]=[W]=[N]C(C)(C)C.CCC(C)(C)[N]=[Ta].CC[N-]C.CC[N-]C.CC[N-]C.C[N-]C.C[N-]C. The van der Waals surface area contributed by atoms with E-state index in [1.54, 1.807) is 49.3 Å². The van der Waals surface area contributed by atoms with Crippen LogP contribution in [-0.4, -0.2) is 85.6 Å². The largest absolute Gasteiger partial charge is 0.668 e. The van der Waals surface area contributed by atoms with E-state index in [0.29, 0.717) is 0 Å². The van der Waals surface area contributed by atoms with Crippen LogP contribution >= 0.6 is 0 Å². The van der Waals surface area contributed by atoms with Gasteiger partial charge in [-0.1, -0.05) is 20.8 Å². The van der Waals surface area contributed by atoms with Crippen LogP contribution in [-0.2, 0) is 39.1 Å². The van der Waals surface area contributed by atoms with E-state index in [1.165, 1.54) is 0 Å². The van der Waals surface area contributed by atoms with Crippen LogP contribution in [0, 0.1) is 0 Å². The van der Waals surface area contributed by atoms with Gasteiger partial charge in [0.25, 0.3) is 0 Å². The maximum Gasteiger partial charge on any atom is -0.0844 e. The predicted octanol–water partition coefficient (Wildman–Crippen LogP) is 9.21. The van der Waals surface area contributed by atoms with Crippen LogP contribution in [0.3, 0.4) is 0 Å². The molecule has 0 aromatic heterocycles. The maximum atomic E-state index is 4.54. The molecule has 0 N–H and O–H groups in total. The second-order valence-corrected chi connectivity index (χ2v) is 12.3. The van der Waals surface area contributed by atoms with E-state index in [4.69, 9.17) is 0 Å². The van der Waals surface area contributed by atoms with Gasteiger partial charge in [0.2, 0.25) is 0 Å². The normalized spacial score (nSPS) is 9.50. The molecule has 0 aromatic rings. The van der Waals surface area contributed by atoms with Crippen molar-refractivity contribution in [2.24, 2.45) is 10.3 Å². The zero-order valence-corrected chi connectivity index (χ0v) is 33.9. The Labute approximate surface area is 249 Å². The first-order valence-electron chi connectivity index (χ1n) is 12.5. The fourth-order valence-electron chi connectivity index (χ4n) is 0.336. The van der Waals surface area contributed by atoms with Crippen molar-refractivity contribution >= 4 is 0 Å². The Kier molecular flexibility index (Phi) is 62.8. The monoisotopic (exact) mass is 854 g/mol. The smallest absolute Gasteiger partial charge is 0.0844 e. The van der Waals surface area contributed by atoms with Gasteiger partial charge in [-0.05, 0) is 0 Å². The molecule has 0 rings (SSSR count). The van der Waals surface area contributed by atoms with E-state index in [1.807, 2.05) is 20.8 Å². The predicted molar refractivity (Wildman–Crippen MR) is 161 cm³/mol. The van der Waals surface area contributed by atoms with Gasteiger partial charge in [-0.2, -0.15) is 69.0 Å². The van der Waals surface area contributed by atoms with Crippen LogP contribution in [0.4, 0.5) is 0 Å². The average molecular weight is 855 g/mol. The van der Waals surface area contributed by atoms with Gasteiger partial charge in [0, 0.05) is 0 Å². The van der Waals surface area contributed by atoms with E-state index in [9.17, 15) is 0 Å². The maximum absolute atomic E-state index is 4.54. The summed E-state index contributed by atoms with van der Waals surface area (Å²) in [5, 5.41) is 18.2. The zero-order valence-electron chi connectivity index (χ0n) is 27.8. The molecule has 0 heterocycles. The van der Waals surface area contributed by atoms with Crippen LogP contribution in [0.5, 0.6) is 0 Å². The molecule has 0 radical (unpaired) electrons. The molecule has 0 atom stereocenters. The standard InChI is InChI=1S/C5H11N.2C4H9N.3C3H8N.2C2H6N.Ta.W/c1-4-5(2,3)6;2*1-4(2,3)5;3*1-3-4-2;2*1-3-2;;/h4H2,1-3H3;2*1-3H3;3*3H2,1-2H3;2*1-2H3;;/q;;;5*-1;;. The molecule has 0 amide bonds. The van der Waals surface area contributed by atoms with E-state index < -0.39 is 18.2 Å². The molecule has 0 aliphatic rings. The molecule has 0 aliphatic heterocycles. The molecular weight excluding hydrogens is 789 g/mol. The molecule has 225 valence electrons. The van der Waals surface area contributed by atoms with Crippen molar-refractivity contribution < 1.29 is 39.1 Å². The first-order chi connectivity index (χ1) is 16.4. The third-order valence-electron chi connectivity index (χ3n) is 2.71. The van der Waals surface area contributed by atoms with Crippen molar-refractivity contribution in [2.45, 2.75) is 106 Å². The molecule has 0 bridgehead atoms. The molecule has 0 unspecified atom stereocenters. The van der Waals surface area contributed by atoms with E-state index in [0.717, 1.165) is 46.9 Å². The Hall–Kier alpha value is 0.629. The summed E-state index contributed by atoms with van der Waals surface area (Å²) in [5.41, 5.74) is 0.507. The second kappa shape index (κ2) is 42.7. The molecule has 0 aliphatic carbocycles. The summed E-state index contributed by atoms with van der Waals surface area (Å²) in [6.07, 6.45) is 1.16. The topological polar surface area (TPSA) is 108 Å². The van der Waals surface area contributed by atoms with Crippen LogP contribution in [0.1, 0.15) is 89.5 Å². The minimum Gasteiger partial charge on any atom is -0.668 e. The van der Waals surface area contributed by atoms with Gasteiger partial charge in [0.1, 0.15) is 0 Å². The van der Waals surface area contributed by atoms with Crippen molar-refractivity contribution in [2.75, 3.05) is 69.0 Å². The van der Waals surface area contributed by atoms with Gasteiger partial charge in [-0.15, -0.1) is 0 Å². The van der Waals surface area contributed by atoms with Crippen LogP contribution in [0.25, 0.3) is 26.6 Å². The molecule has 0 saturated heterocycles. The van der Waals surface area contributed by atoms with Crippen molar-refractivity contribution in [3.05, 3.63) is 26.6 Å². The second-order valence-electron chi connectivity index (χ2n) is 9.66. The molecular formula is C26H65N8TaW-5. The third-order valence-corrected chi connectivity index (χ3v) is 9.18. The van der Waals surface area contributed by atoms with Crippen LogP contribution in [0.15, 0.2) is 10.3 Å². The number of hydrogen-bond acceptors (Lipinski definition) is 3. The Morgan fingerprint density at radius 3 is 0.806 bits per heavy atom. The summed E-state index contributed by atoms with van der Waals surface area (Å²) in [6, 6.07) is 0. The molecule has 10 heteroatoms. The summed E-state index contributed by atoms with van der Waals surface area (Å²) in [7, 11) is 12.4. The van der Waals surface area contributed by atoms with Crippen LogP contribution in [0.2, 0.25) is 0 Å². The summed E-state index contributed by atoms with van der Waals surface area (Å²) in [6.45, 7) is 28.1.